The van der Waals surface area contributed by atoms with E-state index in [0.717, 1.165) is 37.3 Å². The van der Waals surface area contributed by atoms with Crippen molar-refractivity contribution in [1.29, 1.82) is 0 Å². The fourth-order valence-electron chi connectivity index (χ4n) is 3.18. The van der Waals surface area contributed by atoms with E-state index in [2.05, 4.69) is 11.9 Å². The minimum absolute atomic E-state index is 0.00681. The number of hydrogen-bond acceptors (Lipinski definition) is 5. The number of hydrogen-bond donors (Lipinski definition) is 0. The molecule has 1 saturated heterocycles. The largest absolute Gasteiger partial charge is 0.464 e. The van der Waals surface area contributed by atoms with Crippen LogP contribution in [0.25, 0.3) is 0 Å². The normalized spacial score (nSPS) is 21.4. The molecule has 2 aromatic heterocycles. The van der Waals surface area contributed by atoms with Crippen LogP contribution in [0.4, 0.5) is 11.5 Å². The third kappa shape index (κ3) is 3.06. The number of nitrogens with zero attached hydrogens (tertiary/aromatic N) is 3. The summed E-state index contributed by atoms with van der Waals surface area (Å²) in [6.45, 7) is 5.00. The van der Waals surface area contributed by atoms with Gasteiger partial charge >= 0.3 is 5.69 Å². The molecule has 0 radical (unpaired) electrons. The number of nitro groups is 1. The standard InChI is InChI=1S/C17H21N3O3/c1-3-13-6-7-16(23-13)15-11-12(2)8-10-19(15)17-14(20(21)22)5-4-9-18-17/h4-7,9,12,15H,3,8,10-11H2,1-2H3/t12-,15-/m1/s1. The van der Waals surface area contributed by atoms with Crippen LogP contribution in [0.2, 0.25) is 0 Å². The third-order valence-corrected chi connectivity index (χ3v) is 4.46. The first kappa shape index (κ1) is 15.5. The van der Waals surface area contributed by atoms with Crippen LogP contribution in [0.3, 0.4) is 0 Å². The molecule has 0 aromatic carbocycles. The summed E-state index contributed by atoms with van der Waals surface area (Å²) < 4.78 is 5.93. The molecule has 0 N–H and O–H groups in total. The van der Waals surface area contributed by atoms with Crippen LogP contribution in [-0.2, 0) is 6.42 Å². The van der Waals surface area contributed by atoms with Gasteiger partial charge < -0.3 is 9.32 Å². The maximum atomic E-state index is 11.3. The molecule has 0 unspecified atom stereocenters. The van der Waals surface area contributed by atoms with Crippen LogP contribution in [-0.4, -0.2) is 16.5 Å². The van der Waals surface area contributed by atoms with Crippen LogP contribution in [0, 0.1) is 16.0 Å². The molecule has 2 atom stereocenters. The zero-order valence-corrected chi connectivity index (χ0v) is 13.4. The van der Waals surface area contributed by atoms with Gasteiger partial charge in [-0.1, -0.05) is 13.8 Å². The quantitative estimate of drug-likeness (QED) is 0.626. The average Bonchev–Trinajstić information content (AvgIpc) is 3.03. The summed E-state index contributed by atoms with van der Waals surface area (Å²) in [4.78, 5) is 17.3. The third-order valence-electron chi connectivity index (χ3n) is 4.46. The number of rotatable bonds is 4. The minimum atomic E-state index is -0.364. The molecular formula is C17H21N3O3. The summed E-state index contributed by atoms with van der Waals surface area (Å²) in [5, 5.41) is 11.3. The molecule has 122 valence electrons. The summed E-state index contributed by atoms with van der Waals surface area (Å²) >= 11 is 0. The van der Waals surface area contributed by atoms with E-state index < -0.39 is 0 Å². The van der Waals surface area contributed by atoms with Crippen molar-refractivity contribution in [3.63, 3.8) is 0 Å². The second kappa shape index (κ2) is 6.40. The van der Waals surface area contributed by atoms with E-state index >= 15 is 0 Å². The molecule has 6 nitrogen and oxygen atoms in total. The molecule has 3 heterocycles. The van der Waals surface area contributed by atoms with Crippen molar-refractivity contribution in [3.8, 4) is 0 Å². The molecule has 0 bridgehead atoms. The second-order valence-electron chi connectivity index (χ2n) is 6.10. The van der Waals surface area contributed by atoms with Crippen molar-refractivity contribution >= 4 is 11.5 Å². The van der Waals surface area contributed by atoms with E-state index in [1.54, 1.807) is 12.3 Å². The van der Waals surface area contributed by atoms with Gasteiger partial charge in [0.15, 0.2) is 0 Å². The molecule has 1 fully saturated rings. The van der Waals surface area contributed by atoms with E-state index in [4.69, 9.17) is 4.42 Å². The lowest BCUT2D eigenvalue weighted by molar-refractivity contribution is -0.384. The highest BCUT2D eigenvalue weighted by molar-refractivity contribution is 5.58. The molecule has 0 saturated carbocycles. The molecule has 23 heavy (non-hydrogen) atoms. The van der Waals surface area contributed by atoms with Crippen molar-refractivity contribution in [2.75, 3.05) is 11.4 Å². The Hall–Kier alpha value is -2.37. The van der Waals surface area contributed by atoms with Gasteiger partial charge in [0.05, 0.1) is 11.0 Å². The van der Waals surface area contributed by atoms with Crippen LogP contribution in [0.5, 0.6) is 0 Å². The van der Waals surface area contributed by atoms with E-state index in [-0.39, 0.29) is 16.7 Å². The van der Waals surface area contributed by atoms with Gasteiger partial charge in [-0.3, -0.25) is 10.1 Å². The molecule has 0 amide bonds. The predicted octanol–water partition coefficient (Wildman–Crippen LogP) is 4.12. The Morgan fingerprint density at radius 1 is 1.43 bits per heavy atom. The van der Waals surface area contributed by atoms with E-state index in [9.17, 15) is 10.1 Å². The molecule has 1 aliphatic heterocycles. The van der Waals surface area contributed by atoms with Crippen LogP contribution in [0.15, 0.2) is 34.9 Å². The van der Waals surface area contributed by atoms with Crippen molar-refractivity contribution in [3.05, 3.63) is 52.1 Å². The number of aromatic nitrogens is 1. The lowest BCUT2D eigenvalue weighted by Crippen LogP contribution is -2.37. The molecule has 6 heteroatoms. The van der Waals surface area contributed by atoms with Gasteiger partial charge in [-0.15, -0.1) is 0 Å². The number of pyridine rings is 1. The first-order chi connectivity index (χ1) is 11.1. The lowest BCUT2D eigenvalue weighted by atomic mass is 9.91. The van der Waals surface area contributed by atoms with Gasteiger partial charge in [-0.2, -0.15) is 0 Å². The monoisotopic (exact) mass is 315 g/mol. The van der Waals surface area contributed by atoms with Crippen LogP contribution < -0.4 is 4.90 Å². The topological polar surface area (TPSA) is 72.4 Å². The van der Waals surface area contributed by atoms with Crippen molar-refractivity contribution in [2.24, 2.45) is 5.92 Å². The van der Waals surface area contributed by atoms with Crippen LogP contribution in [0.1, 0.15) is 44.3 Å². The highest BCUT2D eigenvalue weighted by atomic mass is 16.6. The van der Waals surface area contributed by atoms with Gasteiger partial charge in [0, 0.05) is 25.2 Å². The predicted molar refractivity (Wildman–Crippen MR) is 87.5 cm³/mol. The Kier molecular flexibility index (Phi) is 4.32. The molecule has 0 aliphatic carbocycles. The zero-order chi connectivity index (χ0) is 16.4. The molecular weight excluding hydrogens is 294 g/mol. The highest BCUT2D eigenvalue weighted by Gasteiger charge is 2.34. The summed E-state index contributed by atoms with van der Waals surface area (Å²) in [6.07, 6.45) is 4.35. The summed E-state index contributed by atoms with van der Waals surface area (Å²) in [7, 11) is 0. The Balaban J connectivity index is 2.00. The SMILES string of the molecule is CCc1ccc([C@H]2C[C@H](C)CCN2c2ncccc2[N+](=O)[O-])o1. The molecule has 3 rings (SSSR count). The summed E-state index contributed by atoms with van der Waals surface area (Å²) in [5.74, 6) is 2.79. The van der Waals surface area contributed by atoms with E-state index in [1.807, 2.05) is 24.0 Å². The number of piperidine rings is 1. The van der Waals surface area contributed by atoms with Gasteiger partial charge in [0.25, 0.3) is 0 Å². The average molecular weight is 315 g/mol. The number of furan rings is 1. The lowest BCUT2D eigenvalue weighted by Gasteiger charge is -2.37. The van der Waals surface area contributed by atoms with Gasteiger partial charge in [0.1, 0.15) is 11.5 Å². The van der Waals surface area contributed by atoms with E-state index in [1.165, 1.54) is 6.07 Å². The van der Waals surface area contributed by atoms with Crippen molar-refractivity contribution in [2.45, 2.75) is 39.2 Å². The smallest absolute Gasteiger partial charge is 0.311 e. The Labute approximate surface area is 135 Å². The number of aryl methyl sites for hydroxylation is 1. The number of anilines is 1. The summed E-state index contributed by atoms with van der Waals surface area (Å²) in [6, 6.07) is 7.08. The highest BCUT2D eigenvalue weighted by Crippen LogP contribution is 2.40. The zero-order valence-electron chi connectivity index (χ0n) is 13.4. The Morgan fingerprint density at radius 3 is 2.96 bits per heavy atom. The fraction of sp³-hybridized carbons (Fsp3) is 0.471. The first-order valence-corrected chi connectivity index (χ1v) is 8.04. The molecule has 1 aliphatic rings. The molecule has 2 aromatic rings. The van der Waals surface area contributed by atoms with Gasteiger partial charge in [0.2, 0.25) is 5.82 Å². The maximum absolute atomic E-state index is 11.3. The molecule has 0 spiro atoms. The summed E-state index contributed by atoms with van der Waals surface area (Å²) in [5.41, 5.74) is 0.0503. The maximum Gasteiger partial charge on any atom is 0.311 e. The minimum Gasteiger partial charge on any atom is -0.464 e. The van der Waals surface area contributed by atoms with Crippen LogP contribution >= 0.6 is 0 Å². The van der Waals surface area contributed by atoms with Crippen molar-refractivity contribution in [1.82, 2.24) is 4.98 Å². The van der Waals surface area contributed by atoms with Gasteiger partial charge in [-0.25, -0.2) is 4.98 Å². The Bertz CT molecular complexity index is 698. The second-order valence-corrected chi connectivity index (χ2v) is 6.10. The Morgan fingerprint density at radius 2 is 2.26 bits per heavy atom. The fourth-order valence-corrected chi connectivity index (χ4v) is 3.18. The first-order valence-electron chi connectivity index (χ1n) is 8.04. The van der Waals surface area contributed by atoms with Crippen molar-refractivity contribution < 1.29 is 9.34 Å². The van der Waals surface area contributed by atoms with E-state index in [0.29, 0.717) is 11.7 Å². The van der Waals surface area contributed by atoms with Gasteiger partial charge in [-0.05, 0) is 37.0 Å².